The second kappa shape index (κ2) is 10.1. The Kier molecular flexibility index (Phi) is 7.28. The summed E-state index contributed by atoms with van der Waals surface area (Å²) < 4.78 is 11.4. The standard InChI is InChI=1S/C25H29NO4/c1-4-10-17(5-2)16-30-22-14-8-7-11-18(22)23-19(25(28)29-6-3)15-26-20-12-9-13-21(27)24(20)23/h4-5,7-8,10-11,14-15,23,26H,6,9,12-13,16H2,1-3H3/b10-4-,17-5+. The van der Waals surface area contributed by atoms with Crippen LogP contribution in [0.1, 0.15) is 51.5 Å². The first-order chi connectivity index (χ1) is 14.6. The minimum atomic E-state index is -0.500. The topological polar surface area (TPSA) is 64.6 Å². The van der Waals surface area contributed by atoms with Gasteiger partial charge in [0.05, 0.1) is 18.1 Å². The molecule has 30 heavy (non-hydrogen) atoms. The lowest BCUT2D eigenvalue weighted by molar-refractivity contribution is -0.138. The van der Waals surface area contributed by atoms with Gasteiger partial charge in [0, 0.05) is 29.5 Å². The van der Waals surface area contributed by atoms with E-state index in [4.69, 9.17) is 9.47 Å². The van der Waals surface area contributed by atoms with Gasteiger partial charge in [-0.2, -0.15) is 0 Å². The summed E-state index contributed by atoms with van der Waals surface area (Å²) in [5, 5.41) is 3.17. The van der Waals surface area contributed by atoms with Crippen LogP contribution in [0.4, 0.5) is 0 Å². The van der Waals surface area contributed by atoms with Crippen LogP contribution in [0, 0.1) is 0 Å². The van der Waals surface area contributed by atoms with E-state index in [1.54, 1.807) is 13.1 Å². The second-order valence-corrected chi connectivity index (χ2v) is 7.26. The number of ether oxygens (including phenoxy) is 2. The number of carbonyl (C=O) groups excluding carboxylic acids is 2. The number of benzene rings is 1. The molecule has 0 radical (unpaired) electrons. The van der Waals surface area contributed by atoms with Gasteiger partial charge in [-0.1, -0.05) is 36.4 Å². The number of rotatable bonds is 7. The van der Waals surface area contributed by atoms with Gasteiger partial charge in [-0.05, 0) is 45.3 Å². The molecule has 0 aromatic heterocycles. The van der Waals surface area contributed by atoms with E-state index in [1.165, 1.54) is 0 Å². The Labute approximate surface area is 178 Å². The van der Waals surface area contributed by atoms with E-state index in [0.29, 0.717) is 29.9 Å². The third kappa shape index (κ3) is 4.56. The van der Waals surface area contributed by atoms with Crippen LogP contribution >= 0.6 is 0 Å². The van der Waals surface area contributed by atoms with Crippen LogP contribution in [-0.4, -0.2) is 25.0 Å². The number of hydrogen-bond acceptors (Lipinski definition) is 5. The Morgan fingerprint density at radius 3 is 2.77 bits per heavy atom. The van der Waals surface area contributed by atoms with Crippen LogP contribution < -0.4 is 10.1 Å². The third-order valence-corrected chi connectivity index (χ3v) is 5.34. The molecule has 0 saturated carbocycles. The second-order valence-electron chi connectivity index (χ2n) is 7.26. The van der Waals surface area contributed by atoms with Crippen LogP contribution in [0.25, 0.3) is 0 Å². The van der Waals surface area contributed by atoms with Crippen molar-refractivity contribution < 1.29 is 19.1 Å². The molecule has 1 N–H and O–H groups in total. The highest BCUT2D eigenvalue weighted by atomic mass is 16.5. The molecule has 1 aliphatic carbocycles. The van der Waals surface area contributed by atoms with Gasteiger partial charge < -0.3 is 14.8 Å². The van der Waals surface area contributed by atoms with E-state index in [9.17, 15) is 9.59 Å². The van der Waals surface area contributed by atoms with Crippen molar-refractivity contribution in [3.8, 4) is 5.75 Å². The Bertz CT molecular complexity index is 936. The molecule has 1 aromatic carbocycles. The summed E-state index contributed by atoms with van der Waals surface area (Å²) in [6, 6.07) is 7.62. The van der Waals surface area contributed by atoms with Gasteiger partial charge in [-0.15, -0.1) is 0 Å². The molecule has 3 rings (SSSR count). The Hall–Kier alpha value is -3.08. The van der Waals surface area contributed by atoms with Gasteiger partial charge in [0.25, 0.3) is 0 Å². The fourth-order valence-electron chi connectivity index (χ4n) is 3.92. The maximum atomic E-state index is 12.9. The summed E-state index contributed by atoms with van der Waals surface area (Å²) in [5.41, 5.74) is 3.83. The molecule has 1 unspecified atom stereocenters. The number of dihydropyridines is 1. The number of Topliss-reactive ketones (excluding diaryl/α,β-unsaturated/α-hetero) is 1. The summed E-state index contributed by atoms with van der Waals surface area (Å²) in [7, 11) is 0. The molecular formula is C25H29NO4. The van der Waals surface area contributed by atoms with E-state index < -0.39 is 11.9 Å². The summed E-state index contributed by atoms with van der Waals surface area (Å²) >= 11 is 0. The lowest BCUT2D eigenvalue weighted by Crippen LogP contribution is -2.32. The third-order valence-electron chi connectivity index (χ3n) is 5.34. The van der Waals surface area contributed by atoms with Gasteiger partial charge in [-0.25, -0.2) is 4.79 Å². The predicted octanol–water partition coefficient (Wildman–Crippen LogP) is 4.73. The number of allylic oxidation sites excluding steroid dienone is 4. The fourth-order valence-corrected chi connectivity index (χ4v) is 3.92. The zero-order chi connectivity index (χ0) is 21.5. The quantitative estimate of drug-likeness (QED) is 0.523. The van der Waals surface area contributed by atoms with E-state index in [1.807, 2.05) is 56.3 Å². The summed E-state index contributed by atoms with van der Waals surface area (Å²) in [4.78, 5) is 25.7. The molecule has 0 bridgehead atoms. The number of esters is 1. The van der Waals surface area contributed by atoms with Crippen molar-refractivity contribution in [3.05, 3.63) is 76.7 Å². The van der Waals surface area contributed by atoms with Crippen LogP contribution in [-0.2, 0) is 14.3 Å². The average Bonchev–Trinajstić information content (AvgIpc) is 2.76. The number of ketones is 1. The average molecular weight is 408 g/mol. The van der Waals surface area contributed by atoms with Crippen LogP contribution in [0.5, 0.6) is 5.75 Å². The van der Waals surface area contributed by atoms with Gasteiger partial charge >= 0.3 is 5.97 Å². The van der Waals surface area contributed by atoms with Crippen LogP contribution in [0.3, 0.4) is 0 Å². The van der Waals surface area contributed by atoms with Crippen molar-refractivity contribution in [2.75, 3.05) is 13.2 Å². The SMILES string of the molecule is C/C=C\C(=C/C)COc1ccccc1C1C(C(=O)OCC)=CNC2=C1C(=O)CCC2. The molecule has 0 saturated heterocycles. The molecule has 0 amide bonds. The first-order valence-electron chi connectivity index (χ1n) is 10.5. The molecule has 1 heterocycles. The predicted molar refractivity (Wildman–Crippen MR) is 117 cm³/mol. The molecular weight excluding hydrogens is 378 g/mol. The highest BCUT2D eigenvalue weighted by molar-refractivity contribution is 6.03. The highest BCUT2D eigenvalue weighted by Crippen LogP contribution is 2.43. The van der Waals surface area contributed by atoms with Crippen molar-refractivity contribution in [2.45, 2.75) is 46.0 Å². The molecule has 5 nitrogen and oxygen atoms in total. The van der Waals surface area contributed by atoms with Crippen molar-refractivity contribution in [3.63, 3.8) is 0 Å². The van der Waals surface area contributed by atoms with Crippen molar-refractivity contribution in [1.29, 1.82) is 0 Å². The van der Waals surface area contributed by atoms with Crippen LogP contribution in [0.2, 0.25) is 0 Å². The monoisotopic (exact) mass is 407 g/mol. The van der Waals surface area contributed by atoms with Gasteiger partial charge in [-0.3, -0.25) is 4.79 Å². The Morgan fingerprint density at radius 1 is 1.23 bits per heavy atom. The highest BCUT2D eigenvalue weighted by Gasteiger charge is 2.38. The molecule has 1 aliphatic heterocycles. The number of carbonyl (C=O) groups is 2. The van der Waals surface area contributed by atoms with Crippen molar-refractivity contribution in [2.24, 2.45) is 0 Å². The normalized spacial score (nSPS) is 19.3. The molecule has 158 valence electrons. The zero-order valence-electron chi connectivity index (χ0n) is 17.9. The molecule has 0 spiro atoms. The minimum Gasteiger partial charge on any atom is -0.489 e. The first kappa shape index (κ1) is 21.6. The van der Waals surface area contributed by atoms with E-state index >= 15 is 0 Å². The first-order valence-corrected chi connectivity index (χ1v) is 10.5. The number of para-hydroxylation sites is 1. The van der Waals surface area contributed by atoms with Crippen LogP contribution in [0.15, 0.2) is 71.1 Å². The fraction of sp³-hybridized carbons (Fsp3) is 0.360. The molecule has 0 fully saturated rings. The van der Waals surface area contributed by atoms with E-state index in [-0.39, 0.29) is 12.4 Å². The maximum Gasteiger partial charge on any atom is 0.336 e. The molecule has 2 aliphatic rings. The summed E-state index contributed by atoms with van der Waals surface area (Å²) in [6.45, 7) is 6.38. The van der Waals surface area contributed by atoms with Gasteiger partial charge in [0.1, 0.15) is 12.4 Å². The largest absolute Gasteiger partial charge is 0.489 e. The summed E-state index contributed by atoms with van der Waals surface area (Å²) in [5.74, 6) is -0.187. The summed E-state index contributed by atoms with van der Waals surface area (Å²) in [6.07, 6.45) is 9.75. The van der Waals surface area contributed by atoms with E-state index in [2.05, 4.69) is 5.32 Å². The van der Waals surface area contributed by atoms with Crippen molar-refractivity contribution in [1.82, 2.24) is 5.32 Å². The Balaban J connectivity index is 2.04. The number of nitrogens with one attached hydrogen (secondary N) is 1. The molecule has 1 aromatic rings. The lowest BCUT2D eigenvalue weighted by Gasteiger charge is -2.32. The maximum absolute atomic E-state index is 12.9. The molecule has 1 atom stereocenters. The number of hydrogen-bond donors (Lipinski definition) is 1. The minimum absolute atomic E-state index is 0.0708. The molecule has 5 heteroatoms. The van der Waals surface area contributed by atoms with Crippen molar-refractivity contribution >= 4 is 11.8 Å². The van der Waals surface area contributed by atoms with E-state index in [0.717, 1.165) is 29.7 Å². The van der Waals surface area contributed by atoms with Gasteiger partial charge in [0.2, 0.25) is 0 Å². The zero-order valence-corrected chi connectivity index (χ0v) is 17.9. The smallest absolute Gasteiger partial charge is 0.336 e. The lowest BCUT2D eigenvalue weighted by atomic mass is 9.76. The van der Waals surface area contributed by atoms with Gasteiger partial charge in [0.15, 0.2) is 5.78 Å². The Morgan fingerprint density at radius 2 is 2.03 bits per heavy atom.